The molecule has 7 heteroatoms. The molecule has 1 aromatic rings. The van der Waals surface area contributed by atoms with Crippen LogP contribution in [0.2, 0.25) is 0 Å². The molecule has 1 saturated heterocycles. The highest BCUT2D eigenvalue weighted by molar-refractivity contribution is 5.26. The number of hydrogen-bond donors (Lipinski definition) is 2. The van der Waals surface area contributed by atoms with Gasteiger partial charge in [0.25, 0.3) is 0 Å². The number of hydrogen-bond acceptors (Lipinski definition) is 3. The van der Waals surface area contributed by atoms with Crippen molar-refractivity contribution in [2.75, 3.05) is 26.2 Å². The molecule has 0 amide bonds. The largest absolute Gasteiger partial charge is 0.416 e. The van der Waals surface area contributed by atoms with Gasteiger partial charge < -0.3 is 15.3 Å². The second-order valence-corrected chi connectivity index (χ2v) is 5.95. The average Bonchev–Trinajstić information content (AvgIpc) is 2.47. The van der Waals surface area contributed by atoms with Crippen molar-refractivity contribution in [3.8, 4) is 0 Å². The van der Waals surface area contributed by atoms with Gasteiger partial charge in [-0.1, -0.05) is 0 Å². The quantitative estimate of drug-likeness (QED) is 0.620. The van der Waals surface area contributed by atoms with Gasteiger partial charge in [0.15, 0.2) is 0 Å². The third-order valence-electron chi connectivity index (χ3n) is 4.00. The number of nitrogens with one attached hydrogen (secondary N) is 1. The standard InChI is InChI=1S/C16H22F4N2O/c17-14-9-12(8-13(10-14)16(18,19)20)11-21-4-1-5-22-6-2-15(23)3-7-22/h8-10,15,21,23H,1-7,11H2. The van der Waals surface area contributed by atoms with E-state index < -0.39 is 17.6 Å². The van der Waals surface area contributed by atoms with Crippen molar-refractivity contribution < 1.29 is 22.7 Å². The van der Waals surface area contributed by atoms with Crippen LogP contribution in [0, 0.1) is 5.82 Å². The number of rotatable bonds is 6. The zero-order valence-electron chi connectivity index (χ0n) is 12.9. The smallest absolute Gasteiger partial charge is 0.393 e. The lowest BCUT2D eigenvalue weighted by molar-refractivity contribution is -0.137. The Morgan fingerprint density at radius 1 is 1.17 bits per heavy atom. The van der Waals surface area contributed by atoms with Crippen LogP contribution in [0.3, 0.4) is 0 Å². The highest BCUT2D eigenvalue weighted by Crippen LogP contribution is 2.30. The van der Waals surface area contributed by atoms with Gasteiger partial charge >= 0.3 is 6.18 Å². The highest BCUT2D eigenvalue weighted by atomic mass is 19.4. The molecule has 130 valence electrons. The van der Waals surface area contributed by atoms with Gasteiger partial charge in [-0.3, -0.25) is 0 Å². The topological polar surface area (TPSA) is 35.5 Å². The maximum absolute atomic E-state index is 13.3. The molecule has 0 spiro atoms. The van der Waals surface area contributed by atoms with Gasteiger partial charge in [-0.2, -0.15) is 13.2 Å². The number of piperidine rings is 1. The van der Waals surface area contributed by atoms with Crippen molar-refractivity contribution in [2.24, 2.45) is 0 Å². The number of alkyl halides is 3. The SMILES string of the molecule is OC1CCN(CCCNCc2cc(F)cc(C(F)(F)F)c2)CC1. The first-order chi connectivity index (χ1) is 10.8. The lowest BCUT2D eigenvalue weighted by atomic mass is 10.1. The van der Waals surface area contributed by atoms with Crippen LogP contribution in [0.4, 0.5) is 17.6 Å². The van der Waals surface area contributed by atoms with Gasteiger partial charge in [-0.05, 0) is 56.1 Å². The van der Waals surface area contributed by atoms with E-state index >= 15 is 0 Å². The predicted molar refractivity (Wildman–Crippen MR) is 79.4 cm³/mol. The predicted octanol–water partition coefficient (Wildman–Crippen LogP) is 2.78. The summed E-state index contributed by atoms with van der Waals surface area (Å²) in [4.78, 5) is 2.26. The Hall–Kier alpha value is -1.18. The minimum Gasteiger partial charge on any atom is -0.393 e. The van der Waals surface area contributed by atoms with E-state index in [-0.39, 0.29) is 12.6 Å². The Bertz CT molecular complexity index is 499. The number of aliphatic hydroxyl groups is 1. The van der Waals surface area contributed by atoms with Crippen molar-refractivity contribution in [3.63, 3.8) is 0 Å². The van der Waals surface area contributed by atoms with Crippen LogP contribution in [-0.4, -0.2) is 42.3 Å². The van der Waals surface area contributed by atoms with E-state index in [1.54, 1.807) is 0 Å². The summed E-state index contributed by atoms with van der Waals surface area (Å²) in [7, 11) is 0. The first-order valence-corrected chi connectivity index (χ1v) is 7.82. The van der Waals surface area contributed by atoms with Gasteiger partial charge in [0.05, 0.1) is 11.7 Å². The van der Waals surface area contributed by atoms with E-state index in [9.17, 15) is 22.7 Å². The fourth-order valence-corrected chi connectivity index (χ4v) is 2.72. The van der Waals surface area contributed by atoms with Gasteiger partial charge in [0.2, 0.25) is 0 Å². The minimum atomic E-state index is -4.53. The molecule has 0 bridgehead atoms. The summed E-state index contributed by atoms with van der Waals surface area (Å²) in [5.74, 6) is -0.872. The van der Waals surface area contributed by atoms with Crippen LogP contribution < -0.4 is 5.32 Å². The molecule has 0 aromatic heterocycles. The monoisotopic (exact) mass is 334 g/mol. The van der Waals surface area contributed by atoms with Gasteiger partial charge in [0.1, 0.15) is 5.82 Å². The number of benzene rings is 1. The zero-order chi connectivity index (χ0) is 16.9. The van der Waals surface area contributed by atoms with E-state index in [2.05, 4.69) is 10.2 Å². The molecule has 0 unspecified atom stereocenters. The Kier molecular flexibility index (Phi) is 6.38. The molecule has 23 heavy (non-hydrogen) atoms. The third kappa shape index (κ3) is 6.08. The average molecular weight is 334 g/mol. The van der Waals surface area contributed by atoms with Gasteiger partial charge in [0, 0.05) is 19.6 Å². The van der Waals surface area contributed by atoms with Crippen LogP contribution in [0.5, 0.6) is 0 Å². The zero-order valence-corrected chi connectivity index (χ0v) is 12.9. The molecule has 3 nitrogen and oxygen atoms in total. The molecule has 2 N–H and O–H groups in total. The van der Waals surface area contributed by atoms with E-state index in [1.807, 2.05) is 0 Å². The number of halogens is 4. The van der Waals surface area contributed by atoms with Crippen molar-refractivity contribution in [2.45, 2.75) is 38.1 Å². The Balaban J connectivity index is 1.71. The third-order valence-corrected chi connectivity index (χ3v) is 4.00. The second kappa shape index (κ2) is 8.08. The highest BCUT2D eigenvalue weighted by Gasteiger charge is 2.31. The Morgan fingerprint density at radius 2 is 1.87 bits per heavy atom. The van der Waals surface area contributed by atoms with Crippen molar-refractivity contribution >= 4 is 0 Å². The molecular formula is C16H22F4N2O. The molecule has 0 atom stereocenters. The molecule has 1 aliphatic heterocycles. The number of likely N-dealkylation sites (tertiary alicyclic amines) is 1. The number of aliphatic hydroxyl groups excluding tert-OH is 1. The summed E-state index contributed by atoms with van der Waals surface area (Å²) >= 11 is 0. The molecule has 0 radical (unpaired) electrons. The Labute approximate surface area is 133 Å². The summed E-state index contributed by atoms with van der Waals surface area (Å²) in [6.07, 6.45) is -2.29. The van der Waals surface area contributed by atoms with E-state index in [0.29, 0.717) is 18.2 Å². The van der Waals surface area contributed by atoms with Crippen LogP contribution in [0.15, 0.2) is 18.2 Å². The van der Waals surface area contributed by atoms with Crippen molar-refractivity contribution in [1.29, 1.82) is 0 Å². The summed E-state index contributed by atoms with van der Waals surface area (Å²) < 4.78 is 51.1. The lowest BCUT2D eigenvalue weighted by Crippen LogP contribution is -2.37. The summed E-state index contributed by atoms with van der Waals surface area (Å²) in [6, 6.07) is 2.60. The molecule has 1 fully saturated rings. The van der Waals surface area contributed by atoms with E-state index in [0.717, 1.165) is 51.0 Å². The maximum atomic E-state index is 13.3. The molecule has 0 saturated carbocycles. The van der Waals surface area contributed by atoms with Crippen LogP contribution in [-0.2, 0) is 12.7 Å². The van der Waals surface area contributed by atoms with Crippen molar-refractivity contribution in [1.82, 2.24) is 10.2 Å². The molecule has 1 aliphatic rings. The van der Waals surface area contributed by atoms with Crippen LogP contribution >= 0.6 is 0 Å². The first kappa shape index (κ1) is 18.2. The molecule has 2 rings (SSSR count). The summed E-state index contributed by atoms with van der Waals surface area (Å²) in [5, 5.41) is 12.5. The van der Waals surface area contributed by atoms with Gasteiger partial charge in [-0.25, -0.2) is 4.39 Å². The fourth-order valence-electron chi connectivity index (χ4n) is 2.72. The molecular weight excluding hydrogens is 312 g/mol. The number of nitrogens with zero attached hydrogens (tertiary/aromatic N) is 1. The normalized spacial score (nSPS) is 17.6. The van der Waals surface area contributed by atoms with E-state index in [1.165, 1.54) is 0 Å². The second-order valence-electron chi connectivity index (χ2n) is 5.95. The van der Waals surface area contributed by atoms with E-state index in [4.69, 9.17) is 0 Å². The van der Waals surface area contributed by atoms with Crippen LogP contribution in [0.1, 0.15) is 30.4 Å². The minimum absolute atomic E-state index is 0.194. The lowest BCUT2D eigenvalue weighted by Gasteiger charge is -2.29. The summed E-state index contributed by atoms with van der Waals surface area (Å²) in [5.41, 5.74) is -0.667. The fraction of sp³-hybridized carbons (Fsp3) is 0.625. The molecule has 1 heterocycles. The molecule has 0 aliphatic carbocycles. The maximum Gasteiger partial charge on any atom is 0.416 e. The van der Waals surface area contributed by atoms with Crippen LogP contribution in [0.25, 0.3) is 0 Å². The van der Waals surface area contributed by atoms with Gasteiger partial charge in [-0.15, -0.1) is 0 Å². The van der Waals surface area contributed by atoms with Crippen molar-refractivity contribution in [3.05, 3.63) is 35.1 Å². The molecule has 1 aromatic carbocycles. The summed E-state index contributed by atoms with van der Waals surface area (Å²) in [6.45, 7) is 3.49. The first-order valence-electron chi connectivity index (χ1n) is 7.82. The Morgan fingerprint density at radius 3 is 2.52 bits per heavy atom.